The minimum atomic E-state index is -1.03. The first kappa shape index (κ1) is 13.7. The van der Waals surface area contributed by atoms with Gasteiger partial charge in [-0.05, 0) is 17.7 Å². The molecule has 84 valence electrons. The summed E-state index contributed by atoms with van der Waals surface area (Å²) in [6.07, 6.45) is 0. The van der Waals surface area contributed by atoms with Crippen LogP contribution in [0, 0.1) is 5.82 Å². The molecule has 0 spiro atoms. The van der Waals surface area contributed by atoms with Crippen molar-refractivity contribution in [1.29, 1.82) is 0 Å². The molecule has 0 bridgehead atoms. The molecule has 0 aliphatic carbocycles. The van der Waals surface area contributed by atoms with Gasteiger partial charge in [0.15, 0.2) is 11.6 Å². The van der Waals surface area contributed by atoms with Crippen molar-refractivity contribution in [1.82, 2.24) is 0 Å². The molecule has 0 aromatic heterocycles. The Bertz CT molecular complexity index is 359. The average molecular weight is 236 g/mol. The molecule has 0 amide bonds. The number of carbonyl (C=O) groups excluding carboxylic acids is 1. The highest BCUT2D eigenvalue weighted by atomic mass is 35.5. The third-order valence-electron chi connectivity index (χ3n) is 1.79. The molecule has 0 aliphatic heterocycles. The summed E-state index contributed by atoms with van der Waals surface area (Å²) in [4.78, 5) is 11.0. The first-order valence-corrected chi connectivity index (χ1v) is 3.88. The molecule has 0 radical (unpaired) electrons. The van der Waals surface area contributed by atoms with Gasteiger partial charge in [0.2, 0.25) is 0 Å². The fourth-order valence-electron chi connectivity index (χ4n) is 0.980. The van der Waals surface area contributed by atoms with E-state index in [9.17, 15) is 9.18 Å². The predicted molar refractivity (Wildman–Crippen MR) is 54.3 cm³/mol. The van der Waals surface area contributed by atoms with E-state index in [4.69, 9.17) is 10.8 Å². The van der Waals surface area contributed by atoms with Crippen molar-refractivity contribution >= 4 is 18.4 Å². The minimum Gasteiger partial charge on any atom is -0.505 e. The lowest BCUT2D eigenvalue weighted by atomic mass is 10.1. The largest absolute Gasteiger partial charge is 0.505 e. The van der Waals surface area contributed by atoms with Gasteiger partial charge >= 0.3 is 5.97 Å². The van der Waals surface area contributed by atoms with E-state index in [0.29, 0.717) is 0 Å². The zero-order valence-electron chi connectivity index (χ0n) is 7.94. The molecule has 1 aromatic carbocycles. The van der Waals surface area contributed by atoms with Crippen LogP contribution in [0.2, 0.25) is 0 Å². The summed E-state index contributed by atoms with van der Waals surface area (Å²) in [5, 5.41) is 8.89. The van der Waals surface area contributed by atoms with Crippen molar-refractivity contribution in [3.8, 4) is 5.75 Å². The van der Waals surface area contributed by atoms with Crippen LogP contribution in [0.1, 0.15) is 11.6 Å². The number of nitrogens with two attached hydrogens (primary N) is 1. The lowest BCUT2D eigenvalue weighted by Crippen LogP contribution is -2.22. The Balaban J connectivity index is 0.00000196. The van der Waals surface area contributed by atoms with Crippen molar-refractivity contribution in [2.45, 2.75) is 6.04 Å². The Hall–Kier alpha value is -1.33. The van der Waals surface area contributed by atoms with Gasteiger partial charge in [0, 0.05) is 0 Å². The smallest absolute Gasteiger partial charge is 0.327 e. The maximum absolute atomic E-state index is 12.8. The lowest BCUT2D eigenvalue weighted by Gasteiger charge is -2.09. The summed E-state index contributed by atoms with van der Waals surface area (Å²) in [5.74, 6) is -1.96. The number of phenolic OH excluding ortho intramolecular Hbond substituents is 1. The van der Waals surface area contributed by atoms with Crippen LogP contribution < -0.4 is 5.73 Å². The Morgan fingerprint density at radius 3 is 2.67 bits per heavy atom. The van der Waals surface area contributed by atoms with E-state index in [1.54, 1.807) is 0 Å². The number of carbonyl (C=O) groups is 1. The quantitative estimate of drug-likeness (QED) is 0.754. The molecule has 4 nitrogen and oxygen atoms in total. The Morgan fingerprint density at radius 1 is 1.60 bits per heavy atom. The van der Waals surface area contributed by atoms with Gasteiger partial charge in [0.25, 0.3) is 0 Å². The topological polar surface area (TPSA) is 72.5 Å². The summed E-state index contributed by atoms with van der Waals surface area (Å²) in [6.45, 7) is 0. The molecule has 0 saturated heterocycles. The SMILES string of the molecule is COC(=O)[C@H](N)c1ccc(O)c(F)c1.Cl. The standard InChI is InChI=1S/C9H10FNO3.ClH/c1-14-9(13)8(11)5-2-3-7(12)6(10)4-5;/h2-4,8,12H,11H2,1H3;1H/t8-;/m1./s1. The van der Waals surface area contributed by atoms with Gasteiger partial charge < -0.3 is 15.6 Å². The number of benzene rings is 1. The van der Waals surface area contributed by atoms with Crippen LogP contribution in [0.5, 0.6) is 5.75 Å². The molecule has 0 unspecified atom stereocenters. The number of hydrogen-bond donors (Lipinski definition) is 2. The Morgan fingerprint density at radius 2 is 2.20 bits per heavy atom. The third-order valence-corrected chi connectivity index (χ3v) is 1.79. The van der Waals surface area contributed by atoms with Crippen LogP contribution in [0.4, 0.5) is 4.39 Å². The van der Waals surface area contributed by atoms with Crippen molar-refractivity contribution in [2.24, 2.45) is 5.73 Å². The molecule has 1 aromatic rings. The zero-order chi connectivity index (χ0) is 10.7. The van der Waals surface area contributed by atoms with Crippen LogP contribution in [0.25, 0.3) is 0 Å². The van der Waals surface area contributed by atoms with Crippen LogP contribution >= 0.6 is 12.4 Å². The van der Waals surface area contributed by atoms with E-state index in [0.717, 1.165) is 12.1 Å². The fourth-order valence-corrected chi connectivity index (χ4v) is 0.980. The van der Waals surface area contributed by atoms with Gasteiger partial charge in [0.05, 0.1) is 7.11 Å². The number of ether oxygens (including phenoxy) is 1. The molecule has 3 N–H and O–H groups in total. The summed E-state index contributed by atoms with van der Waals surface area (Å²) in [5.41, 5.74) is 5.70. The molecular weight excluding hydrogens is 225 g/mol. The second-order valence-corrected chi connectivity index (χ2v) is 2.71. The number of rotatable bonds is 2. The van der Waals surface area contributed by atoms with E-state index in [1.807, 2.05) is 0 Å². The fraction of sp³-hybridized carbons (Fsp3) is 0.222. The Kier molecular flexibility index (Phi) is 5.04. The maximum atomic E-state index is 12.8. The van der Waals surface area contributed by atoms with Gasteiger partial charge in [-0.15, -0.1) is 12.4 Å². The van der Waals surface area contributed by atoms with E-state index < -0.39 is 23.6 Å². The number of halogens is 2. The van der Waals surface area contributed by atoms with Gasteiger partial charge in [-0.25, -0.2) is 4.39 Å². The van der Waals surface area contributed by atoms with Crippen molar-refractivity contribution < 1.29 is 19.0 Å². The van der Waals surface area contributed by atoms with E-state index >= 15 is 0 Å². The lowest BCUT2D eigenvalue weighted by molar-refractivity contribution is -0.142. The van der Waals surface area contributed by atoms with Crippen molar-refractivity contribution in [3.05, 3.63) is 29.6 Å². The predicted octanol–water partition coefficient (Wildman–Crippen LogP) is 1.13. The summed E-state index contributed by atoms with van der Waals surface area (Å²) in [7, 11) is 1.19. The first-order chi connectivity index (χ1) is 6.56. The van der Waals surface area contributed by atoms with Gasteiger partial charge in [0.1, 0.15) is 6.04 Å². The molecule has 0 saturated carbocycles. The van der Waals surface area contributed by atoms with Crippen LogP contribution in [-0.4, -0.2) is 18.2 Å². The highest BCUT2D eigenvalue weighted by Crippen LogP contribution is 2.20. The second kappa shape index (κ2) is 5.53. The number of hydrogen-bond acceptors (Lipinski definition) is 4. The summed E-state index contributed by atoms with van der Waals surface area (Å²) in [6, 6.07) is 2.46. The van der Waals surface area contributed by atoms with E-state index in [1.165, 1.54) is 13.2 Å². The maximum Gasteiger partial charge on any atom is 0.327 e. The van der Waals surface area contributed by atoms with Gasteiger partial charge in [-0.2, -0.15) is 0 Å². The van der Waals surface area contributed by atoms with Gasteiger partial charge in [-0.3, -0.25) is 4.79 Å². The number of esters is 1. The minimum absolute atomic E-state index is 0. The molecule has 1 atom stereocenters. The molecule has 0 heterocycles. The monoisotopic (exact) mass is 235 g/mol. The first-order valence-electron chi connectivity index (χ1n) is 3.88. The Labute approximate surface area is 92.3 Å². The average Bonchev–Trinajstić information content (AvgIpc) is 2.20. The number of phenols is 1. The molecule has 6 heteroatoms. The van der Waals surface area contributed by atoms with Crippen molar-refractivity contribution in [3.63, 3.8) is 0 Å². The normalized spacial score (nSPS) is 11.4. The second-order valence-electron chi connectivity index (χ2n) is 2.71. The molecule has 0 fully saturated rings. The van der Waals surface area contributed by atoms with Gasteiger partial charge in [-0.1, -0.05) is 6.07 Å². The van der Waals surface area contributed by atoms with Crippen LogP contribution in [0.15, 0.2) is 18.2 Å². The van der Waals surface area contributed by atoms with Crippen molar-refractivity contribution in [2.75, 3.05) is 7.11 Å². The molecular formula is C9H11ClFNO3. The zero-order valence-corrected chi connectivity index (χ0v) is 8.75. The number of methoxy groups -OCH3 is 1. The summed E-state index contributed by atoms with van der Waals surface area (Å²) < 4.78 is 17.2. The highest BCUT2D eigenvalue weighted by molar-refractivity contribution is 5.85. The molecule has 0 aliphatic rings. The van der Waals surface area contributed by atoms with E-state index in [-0.39, 0.29) is 18.0 Å². The highest BCUT2D eigenvalue weighted by Gasteiger charge is 2.17. The van der Waals surface area contributed by atoms with Crippen LogP contribution in [0.3, 0.4) is 0 Å². The van der Waals surface area contributed by atoms with E-state index in [2.05, 4.69) is 4.74 Å². The summed E-state index contributed by atoms with van der Waals surface area (Å²) >= 11 is 0. The number of aromatic hydroxyl groups is 1. The molecule has 15 heavy (non-hydrogen) atoms. The van der Waals surface area contributed by atoms with Crippen LogP contribution in [-0.2, 0) is 9.53 Å². The third kappa shape index (κ3) is 3.07. The molecule has 1 rings (SSSR count).